The van der Waals surface area contributed by atoms with Crippen LogP contribution in [0.3, 0.4) is 0 Å². The molecule has 1 rings (SSSR count). The van der Waals surface area contributed by atoms with E-state index in [4.69, 9.17) is 5.53 Å². The molecule has 0 N–H and O–H groups in total. The Morgan fingerprint density at radius 2 is 1.24 bits per heavy atom. The van der Waals surface area contributed by atoms with Crippen LogP contribution in [0.2, 0.25) is 0 Å². The van der Waals surface area contributed by atoms with Gasteiger partial charge in [0.25, 0.3) is 10.0 Å². The van der Waals surface area contributed by atoms with Gasteiger partial charge in [-0.15, -0.1) is 0 Å². The van der Waals surface area contributed by atoms with E-state index in [0.717, 1.165) is 0 Å². The maximum absolute atomic E-state index is 12.9. The van der Waals surface area contributed by atoms with Crippen LogP contribution in [-0.2, 0) is 10.0 Å². The lowest BCUT2D eigenvalue weighted by molar-refractivity contribution is 0.357. The molecule has 0 bridgehead atoms. The summed E-state index contributed by atoms with van der Waals surface area (Å²) in [7, 11) is -5.32. The maximum Gasteiger partial charge on any atom is 0.270 e. The Kier molecular flexibility index (Phi) is 3.25. The molecule has 1 aromatic carbocycles. The topological polar surface area (TPSA) is 82.9 Å². The number of benzene rings is 1. The van der Waals surface area contributed by atoms with Crippen LogP contribution in [0.1, 0.15) is 0 Å². The first kappa shape index (κ1) is 13.2. The number of azide groups is 1. The van der Waals surface area contributed by atoms with E-state index in [2.05, 4.69) is 0 Å². The summed E-state index contributed by atoms with van der Waals surface area (Å²) in [5, 5.41) is 0. The molecule has 92 valence electrons. The Hall–Kier alpha value is -1.87. The molecule has 0 radical (unpaired) electrons. The van der Waals surface area contributed by atoms with Crippen molar-refractivity contribution >= 4 is 10.0 Å². The molecule has 0 aliphatic carbocycles. The highest BCUT2D eigenvalue weighted by Gasteiger charge is 2.32. The number of hydrogen-bond acceptors (Lipinski definition) is 2. The molecule has 0 fully saturated rings. The summed E-state index contributed by atoms with van der Waals surface area (Å²) in [5.41, 5.74) is 7.81. The first-order valence-electron chi connectivity index (χ1n) is 3.56. The van der Waals surface area contributed by atoms with E-state index < -0.39 is 44.0 Å². The SMILES string of the molecule is [N-]=[N+]=NS(=O)(=O)c1c(F)c(F)c(F)c(F)c1F. The fraction of sp³-hybridized carbons (Fsp3) is 0. The molecule has 17 heavy (non-hydrogen) atoms. The minimum atomic E-state index is -5.32. The number of hydrogen-bond donors (Lipinski definition) is 0. The molecule has 0 spiro atoms. The van der Waals surface area contributed by atoms with Gasteiger partial charge in [0.15, 0.2) is 28.2 Å². The summed E-state index contributed by atoms with van der Waals surface area (Å²) in [4.78, 5) is -0.475. The molecule has 0 amide bonds. The van der Waals surface area contributed by atoms with Gasteiger partial charge < -0.3 is 0 Å². The third-order valence-corrected chi connectivity index (χ3v) is 2.73. The fourth-order valence-corrected chi connectivity index (χ4v) is 1.71. The van der Waals surface area contributed by atoms with Gasteiger partial charge in [0.1, 0.15) is 0 Å². The minimum Gasteiger partial charge on any atom is -0.216 e. The third kappa shape index (κ3) is 2.01. The minimum absolute atomic E-state index is 1.71. The summed E-state index contributed by atoms with van der Waals surface area (Å²) in [6.45, 7) is 0. The van der Waals surface area contributed by atoms with Crippen LogP contribution < -0.4 is 0 Å². The van der Waals surface area contributed by atoms with Crippen molar-refractivity contribution in [3.8, 4) is 0 Å². The number of rotatable bonds is 2. The molecule has 0 saturated heterocycles. The fourth-order valence-electron chi connectivity index (χ4n) is 0.900. The van der Waals surface area contributed by atoms with Crippen LogP contribution in [0, 0.1) is 29.1 Å². The van der Waals surface area contributed by atoms with Gasteiger partial charge in [-0.2, -0.15) is 0 Å². The average molecular weight is 273 g/mol. The third-order valence-electron chi connectivity index (χ3n) is 1.57. The molecule has 1 aromatic rings. The van der Waals surface area contributed by atoms with Crippen molar-refractivity contribution in [1.29, 1.82) is 0 Å². The second-order valence-corrected chi connectivity index (χ2v) is 4.07. The smallest absolute Gasteiger partial charge is 0.216 e. The number of nitrogens with zero attached hydrogens (tertiary/aromatic N) is 3. The zero-order valence-electron chi connectivity index (χ0n) is 7.46. The first-order valence-corrected chi connectivity index (χ1v) is 5.01. The van der Waals surface area contributed by atoms with E-state index in [1.807, 2.05) is 4.52 Å². The molecule has 0 heterocycles. The first-order chi connectivity index (χ1) is 7.74. The van der Waals surface area contributed by atoms with Gasteiger partial charge in [0, 0.05) is 9.43 Å². The lowest BCUT2D eigenvalue weighted by Gasteiger charge is -2.05. The van der Waals surface area contributed by atoms with E-state index in [9.17, 15) is 30.4 Å². The quantitative estimate of drug-likeness (QED) is 0.207. The van der Waals surface area contributed by atoms with Crippen molar-refractivity contribution < 1.29 is 30.4 Å². The van der Waals surface area contributed by atoms with Crippen LogP contribution in [-0.4, -0.2) is 8.42 Å². The van der Waals surface area contributed by atoms with Crippen LogP contribution in [0.25, 0.3) is 10.4 Å². The monoisotopic (exact) mass is 273 g/mol. The molecule has 5 nitrogen and oxygen atoms in total. The van der Waals surface area contributed by atoms with Gasteiger partial charge in [0.2, 0.25) is 5.82 Å². The predicted molar refractivity (Wildman–Crippen MR) is 42.6 cm³/mol. The molecular weight excluding hydrogens is 273 g/mol. The Labute approximate surface area is 90.2 Å². The molecule has 0 aliphatic rings. The van der Waals surface area contributed by atoms with Crippen molar-refractivity contribution in [2.75, 3.05) is 0 Å². The molecule has 0 atom stereocenters. The lowest BCUT2D eigenvalue weighted by Crippen LogP contribution is -2.10. The summed E-state index contributed by atoms with van der Waals surface area (Å²) in [5.74, 6) is -12.6. The normalized spacial score (nSPS) is 11.1. The van der Waals surface area contributed by atoms with Gasteiger partial charge in [-0.25, -0.2) is 30.4 Å². The highest BCUT2D eigenvalue weighted by molar-refractivity contribution is 7.90. The summed E-state index contributed by atoms with van der Waals surface area (Å²) in [6.07, 6.45) is 0. The summed E-state index contributed by atoms with van der Waals surface area (Å²) in [6, 6.07) is 0. The van der Waals surface area contributed by atoms with Gasteiger partial charge >= 0.3 is 0 Å². The zero-order valence-corrected chi connectivity index (χ0v) is 8.27. The zero-order chi connectivity index (χ0) is 13.4. The van der Waals surface area contributed by atoms with Crippen LogP contribution in [0.4, 0.5) is 22.0 Å². The molecular formula is C6F5N3O2S. The summed E-state index contributed by atoms with van der Waals surface area (Å²) >= 11 is 0. The van der Waals surface area contributed by atoms with Crippen molar-refractivity contribution in [2.45, 2.75) is 4.90 Å². The Morgan fingerprint density at radius 1 is 0.882 bits per heavy atom. The Morgan fingerprint density at radius 3 is 1.59 bits per heavy atom. The van der Waals surface area contributed by atoms with Crippen LogP contribution >= 0.6 is 0 Å². The van der Waals surface area contributed by atoms with Gasteiger partial charge in [0.05, 0.1) is 0 Å². The molecule has 0 saturated carbocycles. The predicted octanol–water partition coefficient (Wildman–Crippen LogP) is 2.38. The van der Waals surface area contributed by atoms with E-state index in [1.54, 1.807) is 4.91 Å². The van der Waals surface area contributed by atoms with E-state index in [1.165, 1.54) is 0 Å². The Bertz CT molecular complexity index is 609. The second kappa shape index (κ2) is 4.18. The highest BCUT2D eigenvalue weighted by Crippen LogP contribution is 2.27. The average Bonchev–Trinajstić information content (AvgIpc) is 2.23. The number of halogens is 5. The Balaban J connectivity index is 3.85. The van der Waals surface area contributed by atoms with Crippen molar-refractivity contribution in [1.82, 2.24) is 0 Å². The van der Waals surface area contributed by atoms with Gasteiger partial charge in [-0.3, -0.25) is 0 Å². The van der Waals surface area contributed by atoms with Crippen LogP contribution in [0.15, 0.2) is 9.42 Å². The second-order valence-electron chi connectivity index (χ2n) is 2.55. The summed E-state index contributed by atoms with van der Waals surface area (Å²) < 4.78 is 87.5. The van der Waals surface area contributed by atoms with Gasteiger partial charge in [-0.1, -0.05) is 0 Å². The van der Waals surface area contributed by atoms with Crippen molar-refractivity contribution in [3.63, 3.8) is 0 Å². The molecule has 0 unspecified atom stereocenters. The molecule has 0 aliphatic heterocycles. The molecule has 11 heteroatoms. The van der Waals surface area contributed by atoms with E-state index >= 15 is 0 Å². The maximum atomic E-state index is 12.9. The largest absolute Gasteiger partial charge is 0.270 e. The lowest BCUT2D eigenvalue weighted by atomic mass is 10.3. The van der Waals surface area contributed by atoms with Crippen molar-refractivity contribution in [3.05, 3.63) is 39.5 Å². The van der Waals surface area contributed by atoms with Crippen LogP contribution in [0.5, 0.6) is 0 Å². The van der Waals surface area contributed by atoms with Gasteiger partial charge in [-0.05, 0) is 5.53 Å². The number of sulfonamides is 1. The van der Waals surface area contributed by atoms with E-state index in [-0.39, 0.29) is 0 Å². The highest BCUT2D eigenvalue weighted by atomic mass is 32.2. The van der Waals surface area contributed by atoms with E-state index in [0.29, 0.717) is 0 Å². The molecule has 0 aromatic heterocycles. The van der Waals surface area contributed by atoms with Crippen molar-refractivity contribution in [2.24, 2.45) is 4.52 Å². The standard InChI is InChI=1S/C6F5N3O2S/c7-1-2(8)4(10)6(5(11)3(1)9)17(15,16)14-13-12.